The van der Waals surface area contributed by atoms with Crippen molar-refractivity contribution >= 4 is 35.0 Å². The second-order valence-corrected chi connectivity index (χ2v) is 9.43. The number of carbonyl (C=O) groups excluding carboxylic acids is 3. The first kappa shape index (κ1) is 18.4. The highest BCUT2D eigenvalue weighted by atomic mass is 35.5. The maximum absolute atomic E-state index is 13.5. The van der Waals surface area contributed by atoms with Crippen LogP contribution in [0.2, 0.25) is 5.02 Å². The standard InChI is InChI=1S/C20H24ClN3O3/c1-9(2)14-12-13(17(26)24(16(12)25)19(3,4)5)20(23-14)10-7-6-8-11(21)15(10)22-18(20)27/h6-9,12-14,23H,1-5H3,(H,22,27)/t12-,13-,14+,20-/m0/s1. The molecule has 0 aromatic heterocycles. The molecule has 1 spiro atoms. The Kier molecular flexibility index (Phi) is 3.79. The van der Waals surface area contributed by atoms with Gasteiger partial charge in [0, 0.05) is 17.1 Å². The first-order chi connectivity index (χ1) is 12.5. The molecule has 4 atom stereocenters. The second-order valence-electron chi connectivity index (χ2n) is 9.02. The third kappa shape index (κ3) is 2.20. The van der Waals surface area contributed by atoms with Gasteiger partial charge in [0.1, 0.15) is 5.54 Å². The number of benzene rings is 1. The van der Waals surface area contributed by atoms with E-state index in [4.69, 9.17) is 11.6 Å². The van der Waals surface area contributed by atoms with Crippen molar-refractivity contribution in [3.05, 3.63) is 28.8 Å². The molecule has 3 heterocycles. The summed E-state index contributed by atoms with van der Waals surface area (Å²) in [6.07, 6.45) is 0. The number of nitrogens with one attached hydrogen (secondary N) is 2. The molecule has 7 heteroatoms. The van der Waals surface area contributed by atoms with Crippen molar-refractivity contribution in [2.75, 3.05) is 5.32 Å². The fourth-order valence-electron chi connectivity index (χ4n) is 4.96. The number of para-hydroxylation sites is 1. The number of hydrogen-bond donors (Lipinski definition) is 2. The fraction of sp³-hybridized carbons (Fsp3) is 0.550. The van der Waals surface area contributed by atoms with Crippen LogP contribution in [0.4, 0.5) is 5.69 Å². The second kappa shape index (κ2) is 5.55. The summed E-state index contributed by atoms with van der Waals surface area (Å²) < 4.78 is 0. The maximum atomic E-state index is 13.5. The van der Waals surface area contributed by atoms with E-state index >= 15 is 0 Å². The average Bonchev–Trinajstić information content (AvgIpc) is 3.13. The Balaban J connectivity index is 1.95. The topological polar surface area (TPSA) is 78.5 Å². The number of rotatable bonds is 1. The van der Waals surface area contributed by atoms with Crippen LogP contribution in [-0.2, 0) is 19.9 Å². The average molecular weight is 390 g/mol. The predicted octanol–water partition coefficient (Wildman–Crippen LogP) is 2.51. The number of anilines is 1. The Hall–Kier alpha value is -1.92. The van der Waals surface area contributed by atoms with Crippen molar-refractivity contribution in [1.29, 1.82) is 0 Å². The van der Waals surface area contributed by atoms with Crippen molar-refractivity contribution in [2.45, 2.75) is 51.7 Å². The van der Waals surface area contributed by atoms with Crippen LogP contribution in [0.15, 0.2) is 18.2 Å². The molecule has 1 aromatic rings. The van der Waals surface area contributed by atoms with Crippen molar-refractivity contribution in [3.8, 4) is 0 Å². The molecule has 6 nitrogen and oxygen atoms in total. The van der Waals surface area contributed by atoms with E-state index < -0.39 is 22.9 Å². The molecule has 3 amide bonds. The highest BCUT2D eigenvalue weighted by Gasteiger charge is 2.71. The highest BCUT2D eigenvalue weighted by molar-refractivity contribution is 6.35. The van der Waals surface area contributed by atoms with Gasteiger partial charge in [-0.1, -0.05) is 37.6 Å². The summed E-state index contributed by atoms with van der Waals surface area (Å²) in [5, 5.41) is 6.66. The highest BCUT2D eigenvalue weighted by Crippen LogP contribution is 2.55. The summed E-state index contributed by atoms with van der Waals surface area (Å²) in [5.74, 6) is -2.10. The van der Waals surface area contributed by atoms with Crippen molar-refractivity contribution in [2.24, 2.45) is 17.8 Å². The molecule has 2 fully saturated rings. The van der Waals surface area contributed by atoms with E-state index in [-0.39, 0.29) is 29.7 Å². The molecule has 1 aromatic carbocycles. The van der Waals surface area contributed by atoms with Crippen LogP contribution in [0.3, 0.4) is 0 Å². The summed E-state index contributed by atoms with van der Waals surface area (Å²) in [6.45, 7) is 9.52. The monoisotopic (exact) mass is 389 g/mol. The third-order valence-electron chi connectivity index (χ3n) is 6.02. The van der Waals surface area contributed by atoms with Crippen LogP contribution in [0.25, 0.3) is 0 Å². The zero-order chi connectivity index (χ0) is 19.9. The Morgan fingerprint density at radius 2 is 1.81 bits per heavy atom. The number of carbonyl (C=O) groups is 3. The van der Waals surface area contributed by atoms with Crippen LogP contribution in [-0.4, -0.2) is 34.2 Å². The number of amides is 3. The quantitative estimate of drug-likeness (QED) is 0.723. The minimum Gasteiger partial charge on any atom is -0.323 e. The zero-order valence-electron chi connectivity index (χ0n) is 16.1. The minimum absolute atomic E-state index is 0.0737. The normalized spacial score (nSPS) is 32.5. The smallest absolute Gasteiger partial charge is 0.250 e. The van der Waals surface area contributed by atoms with Gasteiger partial charge in [0.15, 0.2) is 0 Å². The molecule has 0 saturated carbocycles. The van der Waals surface area contributed by atoms with Gasteiger partial charge in [0.05, 0.1) is 22.5 Å². The zero-order valence-corrected chi connectivity index (χ0v) is 16.8. The van der Waals surface area contributed by atoms with E-state index in [0.29, 0.717) is 16.3 Å². The molecule has 2 saturated heterocycles. The first-order valence-electron chi connectivity index (χ1n) is 9.28. The third-order valence-corrected chi connectivity index (χ3v) is 6.34. The van der Waals surface area contributed by atoms with E-state index in [1.54, 1.807) is 12.1 Å². The van der Waals surface area contributed by atoms with Gasteiger partial charge in [0.25, 0.3) is 0 Å². The summed E-state index contributed by atoms with van der Waals surface area (Å²) in [5.41, 5.74) is -0.746. The minimum atomic E-state index is -1.27. The van der Waals surface area contributed by atoms with Gasteiger partial charge in [-0.15, -0.1) is 0 Å². The van der Waals surface area contributed by atoms with Crippen LogP contribution in [0, 0.1) is 17.8 Å². The molecule has 144 valence electrons. The number of hydrogen-bond acceptors (Lipinski definition) is 4. The fourth-order valence-corrected chi connectivity index (χ4v) is 5.18. The molecule has 3 aliphatic heterocycles. The van der Waals surface area contributed by atoms with E-state index in [2.05, 4.69) is 10.6 Å². The molecular formula is C20H24ClN3O3. The lowest BCUT2D eigenvalue weighted by atomic mass is 9.76. The van der Waals surface area contributed by atoms with Gasteiger partial charge >= 0.3 is 0 Å². The van der Waals surface area contributed by atoms with E-state index in [0.717, 1.165) is 0 Å². The largest absolute Gasteiger partial charge is 0.323 e. The van der Waals surface area contributed by atoms with Gasteiger partial charge in [0.2, 0.25) is 17.7 Å². The maximum Gasteiger partial charge on any atom is 0.250 e. The summed E-state index contributed by atoms with van der Waals surface area (Å²) >= 11 is 6.30. The van der Waals surface area contributed by atoms with Crippen LogP contribution in [0.5, 0.6) is 0 Å². The molecule has 27 heavy (non-hydrogen) atoms. The van der Waals surface area contributed by atoms with E-state index in [9.17, 15) is 14.4 Å². The lowest BCUT2D eigenvalue weighted by molar-refractivity contribution is -0.148. The summed E-state index contributed by atoms with van der Waals surface area (Å²) in [6, 6.07) is 5.00. The number of fused-ring (bicyclic) bond motifs is 4. The Morgan fingerprint density at radius 3 is 2.41 bits per heavy atom. The lowest BCUT2D eigenvalue weighted by Crippen LogP contribution is -2.56. The molecule has 0 aliphatic carbocycles. The molecular weight excluding hydrogens is 366 g/mol. The lowest BCUT2D eigenvalue weighted by Gasteiger charge is -2.35. The number of imide groups is 1. The van der Waals surface area contributed by atoms with Crippen molar-refractivity contribution in [1.82, 2.24) is 10.2 Å². The molecule has 4 rings (SSSR count). The number of halogens is 1. The van der Waals surface area contributed by atoms with Gasteiger partial charge in [-0.2, -0.15) is 0 Å². The predicted molar refractivity (Wildman–Crippen MR) is 102 cm³/mol. The Morgan fingerprint density at radius 1 is 1.15 bits per heavy atom. The van der Waals surface area contributed by atoms with Gasteiger partial charge in [-0.05, 0) is 32.8 Å². The van der Waals surface area contributed by atoms with Crippen molar-refractivity contribution in [3.63, 3.8) is 0 Å². The van der Waals surface area contributed by atoms with E-state index in [1.807, 2.05) is 40.7 Å². The van der Waals surface area contributed by atoms with Gasteiger partial charge in [-0.25, -0.2) is 0 Å². The summed E-state index contributed by atoms with van der Waals surface area (Å²) in [7, 11) is 0. The van der Waals surface area contributed by atoms with E-state index in [1.165, 1.54) is 4.90 Å². The van der Waals surface area contributed by atoms with Crippen LogP contribution >= 0.6 is 11.6 Å². The van der Waals surface area contributed by atoms with Crippen molar-refractivity contribution < 1.29 is 14.4 Å². The SMILES string of the molecule is CC(C)[C@H]1N[C@]2(C(=O)Nc3c(Cl)cccc32)[C@@H]2C(=O)N(C(C)(C)C)C(=O)[C@H]12. The number of nitrogens with zero attached hydrogens (tertiary/aromatic N) is 1. The van der Waals surface area contributed by atoms with Crippen LogP contribution in [0.1, 0.15) is 40.2 Å². The molecule has 0 unspecified atom stereocenters. The van der Waals surface area contributed by atoms with Gasteiger partial charge in [-0.3, -0.25) is 24.6 Å². The molecule has 3 aliphatic rings. The Bertz CT molecular complexity index is 876. The molecule has 0 bridgehead atoms. The van der Waals surface area contributed by atoms with Crippen LogP contribution < -0.4 is 10.6 Å². The first-order valence-corrected chi connectivity index (χ1v) is 9.65. The van der Waals surface area contributed by atoms with Gasteiger partial charge < -0.3 is 5.32 Å². The molecule has 2 N–H and O–H groups in total. The number of likely N-dealkylation sites (tertiary alicyclic amines) is 1. The molecule has 0 radical (unpaired) electrons. The summed E-state index contributed by atoms with van der Waals surface area (Å²) in [4.78, 5) is 41.3. The Labute approximate surface area is 163 Å².